The maximum absolute atomic E-state index is 11.6. The summed E-state index contributed by atoms with van der Waals surface area (Å²) >= 11 is 1.77. The monoisotopic (exact) mass is 304 g/mol. The van der Waals surface area contributed by atoms with Gasteiger partial charge in [-0.15, -0.1) is 0 Å². The van der Waals surface area contributed by atoms with Crippen LogP contribution in [0, 0.1) is 11.8 Å². The maximum atomic E-state index is 11.6. The zero-order valence-corrected chi connectivity index (χ0v) is 13.8. The van der Waals surface area contributed by atoms with Crippen LogP contribution in [0.15, 0.2) is 0 Å². The topological polar surface area (TPSA) is 78.4 Å². The molecule has 0 aromatic carbocycles. The highest BCUT2D eigenvalue weighted by molar-refractivity contribution is 7.98. The van der Waals surface area contributed by atoms with Crippen molar-refractivity contribution in [1.82, 2.24) is 10.6 Å². The number of nitrogens with one attached hydrogen (secondary N) is 2. The highest BCUT2D eigenvalue weighted by atomic mass is 32.2. The second-order valence-corrected chi connectivity index (χ2v) is 6.40. The number of amides is 2. The molecule has 0 bridgehead atoms. The number of carbonyl (C=O) groups is 2. The second-order valence-electron chi connectivity index (χ2n) is 5.49. The number of rotatable bonds is 10. The van der Waals surface area contributed by atoms with E-state index in [1.165, 1.54) is 0 Å². The normalized spacial score (nSPS) is 15.2. The van der Waals surface area contributed by atoms with Crippen molar-refractivity contribution in [3.8, 4) is 0 Å². The molecule has 0 spiro atoms. The summed E-state index contributed by atoms with van der Waals surface area (Å²) in [5.41, 5.74) is 0. The van der Waals surface area contributed by atoms with Gasteiger partial charge >= 0.3 is 12.0 Å². The van der Waals surface area contributed by atoms with Crippen molar-refractivity contribution in [2.75, 3.05) is 18.6 Å². The van der Waals surface area contributed by atoms with Gasteiger partial charge in [0.15, 0.2) is 0 Å². The molecule has 0 aliphatic rings. The van der Waals surface area contributed by atoms with Crippen LogP contribution in [0.3, 0.4) is 0 Å². The van der Waals surface area contributed by atoms with Crippen molar-refractivity contribution < 1.29 is 14.7 Å². The molecule has 3 N–H and O–H groups in total. The lowest BCUT2D eigenvalue weighted by Gasteiger charge is -2.16. The van der Waals surface area contributed by atoms with Gasteiger partial charge < -0.3 is 15.7 Å². The van der Waals surface area contributed by atoms with E-state index in [1.54, 1.807) is 18.7 Å². The van der Waals surface area contributed by atoms with Crippen molar-refractivity contribution in [3.63, 3.8) is 0 Å². The molecule has 20 heavy (non-hydrogen) atoms. The smallest absolute Gasteiger partial charge is 0.315 e. The summed E-state index contributed by atoms with van der Waals surface area (Å²) in [6, 6.07) is -0.0800. The molecule has 0 fully saturated rings. The molecule has 5 nitrogen and oxygen atoms in total. The molecule has 0 saturated carbocycles. The lowest BCUT2D eigenvalue weighted by atomic mass is 10.0. The Hall–Kier alpha value is -0.910. The van der Waals surface area contributed by atoms with E-state index < -0.39 is 5.97 Å². The second kappa shape index (κ2) is 10.8. The molecule has 3 unspecified atom stereocenters. The first-order valence-electron chi connectivity index (χ1n) is 7.12. The molecule has 0 saturated heterocycles. The van der Waals surface area contributed by atoms with Gasteiger partial charge in [-0.25, -0.2) is 4.79 Å². The Labute approximate surface area is 126 Å². The van der Waals surface area contributed by atoms with Crippen LogP contribution in [0.1, 0.15) is 40.0 Å². The van der Waals surface area contributed by atoms with Crippen LogP contribution in [-0.2, 0) is 4.79 Å². The summed E-state index contributed by atoms with van der Waals surface area (Å²) in [5, 5.41) is 14.5. The largest absolute Gasteiger partial charge is 0.481 e. The molecule has 3 atom stereocenters. The van der Waals surface area contributed by atoms with Gasteiger partial charge in [-0.1, -0.05) is 20.3 Å². The third kappa shape index (κ3) is 9.95. The summed E-state index contributed by atoms with van der Waals surface area (Å²) in [5.74, 6) is 0.417. The average Bonchev–Trinajstić information content (AvgIpc) is 2.36. The zero-order chi connectivity index (χ0) is 15.5. The van der Waals surface area contributed by atoms with Crippen LogP contribution in [0.25, 0.3) is 0 Å². The summed E-state index contributed by atoms with van der Waals surface area (Å²) in [6.45, 7) is 6.43. The van der Waals surface area contributed by atoms with Gasteiger partial charge in [0.05, 0.1) is 5.92 Å². The molecule has 0 rings (SSSR count). The standard InChI is InChI=1S/C14H28N2O3S/c1-10(9-20-4)8-15-14(19)16-12(3)7-5-6-11(2)13(17)18/h10-12H,5-9H2,1-4H3,(H,17,18)(H2,15,16,19). The molecule has 6 heteroatoms. The first kappa shape index (κ1) is 19.1. The number of thioether (sulfide) groups is 1. The van der Waals surface area contributed by atoms with Crippen LogP contribution in [0.2, 0.25) is 0 Å². The molecular formula is C14H28N2O3S. The number of hydrogen-bond donors (Lipinski definition) is 3. The van der Waals surface area contributed by atoms with E-state index >= 15 is 0 Å². The molecule has 0 aliphatic carbocycles. The summed E-state index contributed by atoms with van der Waals surface area (Å²) in [7, 11) is 0. The zero-order valence-electron chi connectivity index (χ0n) is 12.9. The minimum atomic E-state index is -0.758. The van der Waals surface area contributed by atoms with Crippen molar-refractivity contribution >= 4 is 23.8 Å². The van der Waals surface area contributed by atoms with Gasteiger partial charge in [0.2, 0.25) is 0 Å². The Morgan fingerprint density at radius 3 is 2.40 bits per heavy atom. The Bertz CT molecular complexity index is 300. The van der Waals surface area contributed by atoms with Gasteiger partial charge in [-0.3, -0.25) is 4.79 Å². The van der Waals surface area contributed by atoms with Gasteiger partial charge in [0.1, 0.15) is 0 Å². The van der Waals surface area contributed by atoms with Crippen LogP contribution >= 0.6 is 11.8 Å². The maximum Gasteiger partial charge on any atom is 0.315 e. The highest BCUT2D eigenvalue weighted by Crippen LogP contribution is 2.09. The molecule has 0 aromatic heterocycles. The van der Waals surface area contributed by atoms with E-state index in [0.29, 0.717) is 18.9 Å². The number of aliphatic carboxylic acids is 1. The lowest BCUT2D eigenvalue weighted by Crippen LogP contribution is -2.42. The van der Waals surface area contributed by atoms with E-state index in [4.69, 9.17) is 5.11 Å². The summed E-state index contributed by atoms with van der Waals surface area (Å²) in [6.07, 6.45) is 4.30. The summed E-state index contributed by atoms with van der Waals surface area (Å²) in [4.78, 5) is 22.3. The molecular weight excluding hydrogens is 276 g/mol. The fourth-order valence-corrected chi connectivity index (χ4v) is 2.50. The van der Waals surface area contributed by atoms with Gasteiger partial charge in [-0.05, 0) is 37.7 Å². The van der Waals surface area contributed by atoms with Gasteiger partial charge in [-0.2, -0.15) is 11.8 Å². The minimum absolute atomic E-state index is 0.0619. The molecule has 2 amide bonds. The minimum Gasteiger partial charge on any atom is -0.481 e. The van der Waals surface area contributed by atoms with Crippen LogP contribution in [0.4, 0.5) is 4.79 Å². The Morgan fingerprint density at radius 1 is 1.20 bits per heavy atom. The third-order valence-electron chi connectivity index (χ3n) is 3.14. The van der Waals surface area contributed by atoms with Crippen molar-refractivity contribution in [3.05, 3.63) is 0 Å². The predicted molar refractivity (Wildman–Crippen MR) is 84.2 cm³/mol. The van der Waals surface area contributed by atoms with Gasteiger partial charge in [0, 0.05) is 12.6 Å². The number of urea groups is 1. The van der Waals surface area contributed by atoms with Crippen LogP contribution in [0.5, 0.6) is 0 Å². The molecule has 0 aliphatic heterocycles. The molecule has 118 valence electrons. The Kier molecular flexibility index (Phi) is 10.3. The SMILES string of the molecule is CSCC(C)CNC(=O)NC(C)CCCC(C)C(=O)O. The number of carboxylic acid groups (broad SMARTS) is 1. The van der Waals surface area contributed by atoms with E-state index in [-0.39, 0.29) is 18.0 Å². The third-order valence-corrected chi connectivity index (χ3v) is 4.04. The first-order chi connectivity index (χ1) is 9.36. The fraction of sp³-hybridized carbons (Fsp3) is 0.857. The molecule has 0 heterocycles. The average molecular weight is 304 g/mol. The van der Waals surface area contributed by atoms with Crippen molar-refractivity contribution in [2.45, 2.75) is 46.1 Å². The molecule has 0 radical (unpaired) electrons. The Balaban J connectivity index is 3.72. The lowest BCUT2D eigenvalue weighted by molar-refractivity contribution is -0.141. The predicted octanol–water partition coefficient (Wildman–Crippen LogP) is 2.56. The Morgan fingerprint density at radius 2 is 1.85 bits per heavy atom. The number of hydrogen-bond acceptors (Lipinski definition) is 3. The number of carboxylic acids is 1. The van der Waals surface area contributed by atoms with Crippen LogP contribution in [-0.4, -0.2) is 41.7 Å². The number of carbonyl (C=O) groups excluding carboxylic acids is 1. The van der Waals surface area contributed by atoms with Crippen LogP contribution < -0.4 is 10.6 Å². The highest BCUT2D eigenvalue weighted by Gasteiger charge is 2.12. The first-order valence-corrected chi connectivity index (χ1v) is 8.52. The molecule has 0 aromatic rings. The summed E-state index contributed by atoms with van der Waals surface area (Å²) < 4.78 is 0. The van der Waals surface area contributed by atoms with E-state index in [9.17, 15) is 9.59 Å². The van der Waals surface area contributed by atoms with E-state index in [1.807, 2.05) is 6.92 Å². The van der Waals surface area contributed by atoms with Crippen molar-refractivity contribution in [2.24, 2.45) is 11.8 Å². The van der Waals surface area contributed by atoms with Crippen molar-refractivity contribution in [1.29, 1.82) is 0 Å². The fourth-order valence-electron chi connectivity index (χ4n) is 1.81. The quantitative estimate of drug-likeness (QED) is 0.579. The van der Waals surface area contributed by atoms with E-state index in [2.05, 4.69) is 23.8 Å². The van der Waals surface area contributed by atoms with E-state index in [0.717, 1.165) is 18.6 Å². The van der Waals surface area contributed by atoms with Gasteiger partial charge in [0.25, 0.3) is 0 Å².